The highest BCUT2D eigenvalue weighted by Crippen LogP contribution is 2.35. The Hall–Kier alpha value is -2.85. The van der Waals surface area contributed by atoms with Crippen LogP contribution < -0.4 is 9.04 Å². The van der Waals surface area contributed by atoms with E-state index < -0.39 is 38.5 Å². The lowest BCUT2D eigenvalue weighted by atomic mass is 10.1. The number of fused-ring (bicyclic) bond motifs is 1. The number of carbonyl (C=O) groups excluding carboxylic acids is 1. The summed E-state index contributed by atoms with van der Waals surface area (Å²) in [6.45, 7) is 5.06. The third-order valence-corrected chi connectivity index (χ3v) is 7.74. The van der Waals surface area contributed by atoms with Crippen molar-refractivity contribution in [1.29, 1.82) is 0 Å². The zero-order valence-electron chi connectivity index (χ0n) is 16.8. The van der Waals surface area contributed by atoms with Crippen molar-refractivity contribution < 1.29 is 26.4 Å². The fourth-order valence-electron chi connectivity index (χ4n) is 3.29. The van der Waals surface area contributed by atoms with E-state index in [1.165, 1.54) is 43.5 Å². The molecule has 2 aromatic rings. The topological polar surface area (TPSA) is 101 Å². The Kier molecular flexibility index (Phi) is 5.66. The maximum absolute atomic E-state index is 13.4. The van der Waals surface area contributed by atoms with Crippen LogP contribution in [0.25, 0.3) is 0 Å². The summed E-state index contributed by atoms with van der Waals surface area (Å²) in [7, 11) is -6.72. The summed E-state index contributed by atoms with van der Waals surface area (Å²) < 4.78 is 58.6. The molecule has 1 heterocycles. The fraction of sp³-hybridized carbons (Fsp3) is 0.250. The monoisotopic (exact) mass is 450 g/mol. The smallest absolute Gasteiger partial charge is 0.269 e. The van der Waals surface area contributed by atoms with Crippen molar-refractivity contribution >= 4 is 31.6 Å². The van der Waals surface area contributed by atoms with Crippen LogP contribution in [0.1, 0.15) is 15.9 Å². The average molecular weight is 451 g/mol. The van der Waals surface area contributed by atoms with Gasteiger partial charge in [-0.3, -0.25) is 9.10 Å². The molecule has 0 aromatic heterocycles. The summed E-state index contributed by atoms with van der Waals surface area (Å²) in [5.74, 6) is -0.553. The molecule has 2 aromatic carbocycles. The molecular weight excluding hydrogens is 428 g/mol. The molecule has 0 fully saturated rings. The largest absolute Gasteiger partial charge is 0.497 e. The summed E-state index contributed by atoms with van der Waals surface area (Å²) in [5.41, 5.74) is 0.827. The molecule has 0 saturated carbocycles. The van der Waals surface area contributed by atoms with Crippen LogP contribution in [0.3, 0.4) is 0 Å². The van der Waals surface area contributed by atoms with E-state index in [4.69, 9.17) is 4.74 Å². The molecule has 0 radical (unpaired) electrons. The van der Waals surface area contributed by atoms with Crippen LogP contribution in [0.4, 0.5) is 5.69 Å². The van der Waals surface area contributed by atoms with E-state index in [9.17, 15) is 21.6 Å². The highest BCUT2D eigenvalue weighted by atomic mass is 32.2. The number of nitrogens with zero attached hydrogens (tertiary/aromatic N) is 2. The number of carbonyl (C=O) groups is 1. The maximum atomic E-state index is 13.4. The quantitative estimate of drug-likeness (QED) is 0.647. The van der Waals surface area contributed by atoms with Gasteiger partial charge >= 0.3 is 0 Å². The van der Waals surface area contributed by atoms with Gasteiger partial charge in [-0.2, -0.15) is 0 Å². The van der Waals surface area contributed by atoms with Crippen molar-refractivity contribution in [3.8, 4) is 5.75 Å². The summed E-state index contributed by atoms with van der Waals surface area (Å²) in [5, 5.41) is 0. The molecule has 0 aliphatic carbocycles. The van der Waals surface area contributed by atoms with Gasteiger partial charge in [0.05, 0.1) is 42.1 Å². The Labute approximate surface area is 176 Å². The van der Waals surface area contributed by atoms with Crippen LogP contribution in [0.5, 0.6) is 5.75 Å². The van der Waals surface area contributed by atoms with Crippen LogP contribution in [-0.2, 0) is 20.0 Å². The third-order valence-electron chi connectivity index (χ3n) is 4.79. The minimum Gasteiger partial charge on any atom is -0.497 e. The highest BCUT2D eigenvalue weighted by Gasteiger charge is 2.41. The Morgan fingerprint density at radius 1 is 1.10 bits per heavy atom. The van der Waals surface area contributed by atoms with E-state index in [1.807, 2.05) is 6.92 Å². The lowest BCUT2D eigenvalue weighted by Crippen LogP contribution is -2.46. The van der Waals surface area contributed by atoms with Gasteiger partial charge in [-0.05, 0) is 37.3 Å². The number of ether oxygens (including phenoxy) is 1. The Balaban J connectivity index is 2.26. The van der Waals surface area contributed by atoms with E-state index in [1.54, 1.807) is 12.1 Å². The van der Waals surface area contributed by atoms with Gasteiger partial charge in [0.1, 0.15) is 5.75 Å². The fourth-order valence-corrected chi connectivity index (χ4v) is 5.85. The molecule has 0 spiro atoms. The summed E-state index contributed by atoms with van der Waals surface area (Å²) in [6.07, 6.45) is 2.30. The first-order chi connectivity index (χ1) is 14.0. The number of hydrogen-bond donors (Lipinski definition) is 0. The highest BCUT2D eigenvalue weighted by molar-refractivity contribution is 7.92. The van der Waals surface area contributed by atoms with E-state index in [0.29, 0.717) is 10.1 Å². The van der Waals surface area contributed by atoms with Crippen LogP contribution in [0.2, 0.25) is 0 Å². The van der Waals surface area contributed by atoms with Gasteiger partial charge in [0.25, 0.3) is 15.9 Å². The predicted molar refractivity (Wildman–Crippen MR) is 114 cm³/mol. The number of methoxy groups -OCH3 is 1. The minimum atomic E-state index is -4.25. The molecule has 0 bridgehead atoms. The zero-order valence-corrected chi connectivity index (χ0v) is 18.4. The van der Waals surface area contributed by atoms with Gasteiger partial charge in [-0.25, -0.2) is 21.1 Å². The molecule has 1 aliphatic heterocycles. The number of sulfonamides is 2. The van der Waals surface area contributed by atoms with Crippen molar-refractivity contribution in [1.82, 2.24) is 4.31 Å². The van der Waals surface area contributed by atoms with Crippen LogP contribution in [0.15, 0.2) is 60.0 Å². The Bertz CT molecular complexity index is 1200. The van der Waals surface area contributed by atoms with E-state index in [-0.39, 0.29) is 16.1 Å². The SMILES string of the molecule is C=C[C@@H]1CN(S(=O)(=O)c2ccc(C)cc2)C(=O)c2cc(OC)ccc2N1S(C)(=O)=O. The molecule has 0 saturated heterocycles. The van der Waals surface area contributed by atoms with Crippen LogP contribution >= 0.6 is 0 Å². The number of rotatable bonds is 5. The molecule has 160 valence electrons. The van der Waals surface area contributed by atoms with Gasteiger partial charge in [-0.15, -0.1) is 6.58 Å². The lowest BCUT2D eigenvalue weighted by molar-refractivity contribution is 0.0864. The third kappa shape index (κ3) is 3.80. The molecule has 1 amide bonds. The standard InChI is InChI=1S/C20H22N2O6S2/c1-5-15-13-21(30(26,27)17-9-6-14(2)7-10-17)20(23)18-12-16(28-3)8-11-19(18)22(15)29(4,24)25/h5-12,15H,1,13H2,2-4H3/t15-/m1/s1. The van der Waals surface area contributed by atoms with Gasteiger partial charge in [0.2, 0.25) is 10.0 Å². The first kappa shape index (κ1) is 21.8. The van der Waals surface area contributed by atoms with Gasteiger partial charge in [0, 0.05) is 0 Å². The van der Waals surface area contributed by atoms with E-state index >= 15 is 0 Å². The lowest BCUT2D eigenvalue weighted by Gasteiger charge is -2.29. The van der Waals surface area contributed by atoms with E-state index in [2.05, 4.69) is 6.58 Å². The normalized spacial score (nSPS) is 17.3. The second kappa shape index (κ2) is 7.77. The Morgan fingerprint density at radius 2 is 1.73 bits per heavy atom. The molecule has 0 N–H and O–H groups in total. The van der Waals surface area contributed by atoms with Crippen molar-refractivity contribution in [2.24, 2.45) is 0 Å². The minimum absolute atomic E-state index is 0.0646. The van der Waals surface area contributed by atoms with Crippen molar-refractivity contribution in [3.05, 3.63) is 66.2 Å². The van der Waals surface area contributed by atoms with Gasteiger partial charge in [0.15, 0.2) is 0 Å². The van der Waals surface area contributed by atoms with Crippen molar-refractivity contribution in [2.45, 2.75) is 17.9 Å². The summed E-state index contributed by atoms with van der Waals surface area (Å²) in [4.78, 5) is 13.3. The number of benzene rings is 2. The molecule has 10 heteroatoms. The molecule has 8 nitrogen and oxygen atoms in total. The molecule has 1 atom stereocenters. The number of aryl methyl sites for hydroxylation is 1. The molecule has 1 aliphatic rings. The first-order valence-electron chi connectivity index (χ1n) is 8.94. The maximum Gasteiger partial charge on any atom is 0.269 e. The molecule has 0 unspecified atom stereocenters. The number of hydrogen-bond acceptors (Lipinski definition) is 6. The van der Waals surface area contributed by atoms with Gasteiger partial charge in [-0.1, -0.05) is 23.8 Å². The van der Waals surface area contributed by atoms with Gasteiger partial charge < -0.3 is 4.74 Å². The molecule has 3 rings (SSSR count). The number of amides is 1. The number of anilines is 1. The molecule has 30 heavy (non-hydrogen) atoms. The first-order valence-corrected chi connectivity index (χ1v) is 12.2. The average Bonchev–Trinajstić information content (AvgIpc) is 2.82. The summed E-state index contributed by atoms with van der Waals surface area (Å²) in [6, 6.07) is 9.34. The van der Waals surface area contributed by atoms with Crippen molar-refractivity contribution in [2.75, 3.05) is 24.2 Å². The second-order valence-corrected chi connectivity index (χ2v) is 10.6. The summed E-state index contributed by atoms with van der Waals surface area (Å²) >= 11 is 0. The molecular formula is C20H22N2O6S2. The van der Waals surface area contributed by atoms with Crippen LogP contribution in [0, 0.1) is 6.92 Å². The zero-order chi connectivity index (χ0) is 22.3. The van der Waals surface area contributed by atoms with Crippen LogP contribution in [-0.4, -0.2) is 53.0 Å². The Morgan fingerprint density at radius 3 is 2.27 bits per heavy atom. The van der Waals surface area contributed by atoms with Crippen molar-refractivity contribution in [3.63, 3.8) is 0 Å². The van der Waals surface area contributed by atoms with E-state index in [0.717, 1.165) is 16.1 Å². The predicted octanol–water partition coefficient (Wildman–Crippen LogP) is 2.17. The second-order valence-electron chi connectivity index (χ2n) is 6.90.